The van der Waals surface area contributed by atoms with Crippen molar-refractivity contribution in [2.45, 2.75) is 20.4 Å². The maximum Gasteiger partial charge on any atom is 0.358 e. The van der Waals surface area contributed by atoms with Gasteiger partial charge in [-0.2, -0.15) is 0 Å². The molecule has 0 radical (unpaired) electrons. The Labute approximate surface area is 117 Å². The number of aromatic amines is 1. The minimum Gasteiger partial charge on any atom is -0.476 e. The van der Waals surface area contributed by atoms with Gasteiger partial charge in [0.1, 0.15) is 0 Å². The van der Waals surface area contributed by atoms with Gasteiger partial charge in [-0.3, -0.25) is 5.10 Å². The summed E-state index contributed by atoms with van der Waals surface area (Å²) in [4.78, 5) is 9.94. The quantitative estimate of drug-likeness (QED) is 0.624. The molecule has 0 saturated carbocycles. The molecule has 1 aromatic carbocycles. The summed E-state index contributed by atoms with van der Waals surface area (Å²) in [6, 6.07) is 4.03. The molecule has 0 atom stereocenters. The third kappa shape index (κ3) is 4.36. The number of rotatable bonds is 3. The van der Waals surface area contributed by atoms with Crippen molar-refractivity contribution in [2.24, 2.45) is 0 Å². The molecule has 1 aromatic heterocycles. The molecule has 0 spiro atoms. The number of benzene rings is 1. The first kappa shape index (κ1) is 15.6. The standard InChI is InChI=1S/C10H16N2.C3H3N3O2/c1-7-4-9(11)5-8(2)10(7)6-12-3;7-3(8)2-1-4-6-5-2/h4-5,12H,6,11H2,1-3H3;1H,(H,7,8)(H,4,5,6). The van der Waals surface area contributed by atoms with Gasteiger partial charge in [-0.05, 0) is 49.7 Å². The van der Waals surface area contributed by atoms with Crippen LogP contribution in [0.2, 0.25) is 0 Å². The number of carbonyl (C=O) groups is 1. The third-order valence-electron chi connectivity index (χ3n) is 2.71. The van der Waals surface area contributed by atoms with Crippen LogP contribution in [0.5, 0.6) is 0 Å². The van der Waals surface area contributed by atoms with Crippen molar-refractivity contribution in [3.8, 4) is 0 Å². The highest BCUT2D eigenvalue weighted by Gasteiger charge is 2.02. The highest BCUT2D eigenvalue weighted by Crippen LogP contribution is 2.17. The van der Waals surface area contributed by atoms with E-state index in [1.165, 1.54) is 22.9 Å². The summed E-state index contributed by atoms with van der Waals surface area (Å²) in [5, 5.41) is 20.0. The first-order chi connectivity index (χ1) is 9.45. The fourth-order valence-electron chi connectivity index (χ4n) is 1.79. The monoisotopic (exact) mass is 277 g/mol. The number of nitrogen functional groups attached to an aromatic ring is 1. The van der Waals surface area contributed by atoms with Crippen molar-refractivity contribution >= 4 is 11.7 Å². The summed E-state index contributed by atoms with van der Waals surface area (Å²) in [5.74, 6) is -1.07. The number of anilines is 1. The lowest BCUT2D eigenvalue weighted by atomic mass is 10.0. The van der Waals surface area contributed by atoms with Gasteiger partial charge in [0.2, 0.25) is 0 Å². The van der Waals surface area contributed by atoms with Crippen molar-refractivity contribution in [3.63, 3.8) is 0 Å². The average molecular weight is 277 g/mol. The predicted octanol–water partition coefficient (Wildman–Crippen LogP) is 1.11. The molecule has 0 amide bonds. The van der Waals surface area contributed by atoms with Gasteiger partial charge in [0.15, 0.2) is 5.69 Å². The molecule has 1 heterocycles. The Morgan fingerprint density at radius 1 is 1.40 bits per heavy atom. The van der Waals surface area contributed by atoms with Crippen LogP contribution in [0.15, 0.2) is 18.3 Å². The number of aromatic nitrogens is 3. The van der Waals surface area contributed by atoms with Crippen molar-refractivity contribution in [1.82, 2.24) is 20.7 Å². The molecule has 5 N–H and O–H groups in total. The second-order valence-electron chi connectivity index (χ2n) is 4.33. The van der Waals surface area contributed by atoms with Crippen LogP contribution in [0.4, 0.5) is 5.69 Å². The van der Waals surface area contributed by atoms with Crippen LogP contribution in [-0.2, 0) is 6.54 Å². The molecule has 0 aliphatic heterocycles. The van der Waals surface area contributed by atoms with E-state index >= 15 is 0 Å². The minimum atomic E-state index is -1.07. The number of nitrogens with two attached hydrogens (primary N) is 1. The van der Waals surface area contributed by atoms with E-state index in [4.69, 9.17) is 10.8 Å². The summed E-state index contributed by atoms with van der Waals surface area (Å²) in [6.45, 7) is 5.10. The van der Waals surface area contributed by atoms with Crippen molar-refractivity contribution < 1.29 is 9.90 Å². The largest absolute Gasteiger partial charge is 0.476 e. The van der Waals surface area contributed by atoms with E-state index < -0.39 is 5.97 Å². The number of nitrogens with one attached hydrogen (secondary N) is 2. The number of aryl methyl sites for hydroxylation is 2. The molecule has 0 fully saturated rings. The van der Waals surface area contributed by atoms with Crippen LogP contribution in [0, 0.1) is 13.8 Å². The summed E-state index contributed by atoms with van der Waals surface area (Å²) >= 11 is 0. The molecule has 7 heteroatoms. The van der Waals surface area contributed by atoms with Crippen molar-refractivity contribution in [1.29, 1.82) is 0 Å². The highest BCUT2D eigenvalue weighted by atomic mass is 16.4. The van der Waals surface area contributed by atoms with Gasteiger partial charge in [0.05, 0.1) is 6.20 Å². The van der Waals surface area contributed by atoms with E-state index in [0.29, 0.717) is 0 Å². The smallest absolute Gasteiger partial charge is 0.358 e. The summed E-state index contributed by atoms with van der Waals surface area (Å²) < 4.78 is 0. The van der Waals surface area contributed by atoms with E-state index in [9.17, 15) is 4.79 Å². The summed E-state index contributed by atoms with van der Waals surface area (Å²) in [6.07, 6.45) is 1.21. The third-order valence-corrected chi connectivity index (χ3v) is 2.71. The fraction of sp³-hybridized carbons (Fsp3) is 0.308. The number of carboxylic acids is 1. The fourth-order valence-corrected chi connectivity index (χ4v) is 1.79. The normalized spacial score (nSPS) is 9.75. The van der Waals surface area contributed by atoms with Crippen LogP contribution < -0.4 is 11.1 Å². The van der Waals surface area contributed by atoms with Gasteiger partial charge in [-0.25, -0.2) is 4.79 Å². The van der Waals surface area contributed by atoms with Crippen molar-refractivity contribution in [3.05, 3.63) is 40.7 Å². The average Bonchev–Trinajstić information content (AvgIpc) is 2.88. The Kier molecular flexibility index (Phi) is 5.67. The SMILES string of the molecule is CNCc1c(C)cc(N)cc1C.O=C(O)c1c[nH]nn1. The Hall–Kier alpha value is -2.41. The highest BCUT2D eigenvalue weighted by molar-refractivity contribution is 5.84. The lowest BCUT2D eigenvalue weighted by Gasteiger charge is -2.09. The Morgan fingerprint density at radius 2 is 2.00 bits per heavy atom. The topological polar surface area (TPSA) is 117 Å². The molecular weight excluding hydrogens is 258 g/mol. The maximum absolute atomic E-state index is 9.94. The van der Waals surface area contributed by atoms with Gasteiger partial charge in [0.25, 0.3) is 0 Å². The summed E-state index contributed by atoms with van der Waals surface area (Å²) in [7, 11) is 1.95. The predicted molar refractivity (Wildman–Crippen MR) is 76.4 cm³/mol. The molecule has 20 heavy (non-hydrogen) atoms. The lowest BCUT2D eigenvalue weighted by Crippen LogP contribution is -2.08. The second kappa shape index (κ2) is 7.25. The summed E-state index contributed by atoms with van der Waals surface area (Å²) in [5.41, 5.74) is 10.4. The van der Waals surface area contributed by atoms with Crippen LogP contribution in [0.3, 0.4) is 0 Å². The zero-order chi connectivity index (χ0) is 15.1. The molecule has 0 unspecified atom stereocenters. The Bertz CT molecular complexity index is 543. The van der Waals surface area contributed by atoms with E-state index in [-0.39, 0.29) is 5.69 Å². The first-order valence-electron chi connectivity index (χ1n) is 6.05. The molecule has 0 aliphatic rings. The van der Waals surface area contributed by atoms with Gasteiger partial charge in [-0.15, -0.1) is 5.10 Å². The van der Waals surface area contributed by atoms with E-state index in [0.717, 1.165) is 12.2 Å². The van der Waals surface area contributed by atoms with Gasteiger partial charge >= 0.3 is 5.97 Å². The van der Waals surface area contributed by atoms with Crippen LogP contribution in [0.1, 0.15) is 27.2 Å². The number of aromatic carboxylic acids is 1. The number of hydrogen-bond donors (Lipinski definition) is 4. The van der Waals surface area contributed by atoms with Gasteiger partial charge < -0.3 is 16.2 Å². The molecule has 2 rings (SSSR count). The van der Waals surface area contributed by atoms with E-state index in [1.54, 1.807) is 0 Å². The molecule has 2 aromatic rings. The van der Waals surface area contributed by atoms with Crippen molar-refractivity contribution in [2.75, 3.05) is 12.8 Å². The number of carboxylic acid groups (broad SMARTS) is 1. The zero-order valence-corrected chi connectivity index (χ0v) is 11.8. The second-order valence-corrected chi connectivity index (χ2v) is 4.33. The van der Waals surface area contributed by atoms with Gasteiger partial charge in [-0.1, -0.05) is 5.21 Å². The number of H-pyrrole nitrogens is 1. The molecule has 108 valence electrons. The Morgan fingerprint density at radius 3 is 2.35 bits per heavy atom. The first-order valence-corrected chi connectivity index (χ1v) is 6.05. The number of hydrogen-bond acceptors (Lipinski definition) is 5. The van der Waals surface area contributed by atoms with Crippen LogP contribution in [-0.4, -0.2) is 33.5 Å². The lowest BCUT2D eigenvalue weighted by molar-refractivity contribution is 0.0690. The molecular formula is C13H19N5O2. The molecule has 0 saturated heterocycles. The molecule has 0 bridgehead atoms. The van der Waals surface area contributed by atoms with E-state index in [1.807, 2.05) is 19.2 Å². The molecule has 7 nitrogen and oxygen atoms in total. The number of nitrogens with zero attached hydrogens (tertiary/aromatic N) is 2. The minimum absolute atomic E-state index is 0.0648. The Balaban J connectivity index is 0.000000217. The zero-order valence-electron chi connectivity index (χ0n) is 11.8. The molecule has 0 aliphatic carbocycles. The van der Waals surface area contributed by atoms with E-state index in [2.05, 4.69) is 34.6 Å². The van der Waals surface area contributed by atoms with Crippen LogP contribution in [0.25, 0.3) is 0 Å². The van der Waals surface area contributed by atoms with Gasteiger partial charge in [0, 0.05) is 12.2 Å². The maximum atomic E-state index is 9.94. The van der Waals surface area contributed by atoms with Crippen LogP contribution >= 0.6 is 0 Å².